The van der Waals surface area contributed by atoms with Gasteiger partial charge in [-0.15, -0.1) is 0 Å². The van der Waals surface area contributed by atoms with Crippen LogP contribution in [0.3, 0.4) is 0 Å². The summed E-state index contributed by atoms with van der Waals surface area (Å²) in [6, 6.07) is 14.1. The fraction of sp³-hybridized carbons (Fsp3) is 0.208. The van der Waals surface area contributed by atoms with Gasteiger partial charge in [-0.2, -0.15) is 9.78 Å². The monoisotopic (exact) mass is 458 g/mol. The number of hydrogen-bond donors (Lipinski definition) is 2. The van der Waals surface area contributed by atoms with E-state index in [-0.39, 0.29) is 36.3 Å². The molecule has 4 heterocycles. The van der Waals surface area contributed by atoms with E-state index in [9.17, 15) is 14.4 Å². The molecule has 1 atom stereocenters. The van der Waals surface area contributed by atoms with Crippen molar-refractivity contribution in [3.05, 3.63) is 76.4 Å². The summed E-state index contributed by atoms with van der Waals surface area (Å²) in [5.74, 6) is -0.0432. The third kappa shape index (κ3) is 4.13. The lowest BCUT2D eigenvalue weighted by Gasteiger charge is -2.17. The zero-order chi connectivity index (χ0) is 23.8. The highest BCUT2D eigenvalue weighted by atomic mass is 16.3. The molecule has 34 heavy (non-hydrogen) atoms. The molecule has 172 valence electrons. The van der Waals surface area contributed by atoms with Crippen molar-refractivity contribution < 1.29 is 14.0 Å². The summed E-state index contributed by atoms with van der Waals surface area (Å²) in [5, 5.41) is 7.33. The van der Waals surface area contributed by atoms with Crippen molar-refractivity contribution in [2.45, 2.75) is 20.3 Å². The average Bonchev–Trinajstić information content (AvgIpc) is 3.52. The van der Waals surface area contributed by atoms with Gasteiger partial charge < -0.3 is 14.6 Å². The van der Waals surface area contributed by atoms with Gasteiger partial charge in [0.15, 0.2) is 5.76 Å². The Balaban J connectivity index is 1.44. The van der Waals surface area contributed by atoms with Gasteiger partial charge in [0.2, 0.25) is 17.8 Å². The third-order valence-corrected chi connectivity index (χ3v) is 5.60. The minimum absolute atomic E-state index is 0.0957. The van der Waals surface area contributed by atoms with E-state index in [1.807, 2.05) is 31.2 Å². The molecule has 10 heteroatoms. The molecule has 1 fully saturated rings. The van der Waals surface area contributed by atoms with E-state index in [0.29, 0.717) is 23.0 Å². The highest BCUT2D eigenvalue weighted by molar-refractivity contribution is 6.03. The Morgan fingerprint density at radius 2 is 2.00 bits per heavy atom. The number of nitrogens with one attached hydrogen (secondary N) is 2. The number of aromatic amines is 1. The molecule has 2 N–H and O–H groups in total. The lowest BCUT2D eigenvalue weighted by Crippen LogP contribution is -2.29. The van der Waals surface area contributed by atoms with Crippen molar-refractivity contribution in [1.82, 2.24) is 19.7 Å². The highest BCUT2D eigenvalue weighted by Gasteiger charge is 2.35. The molecule has 0 bridgehead atoms. The second-order valence-electron chi connectivity index (χ2n) is 8.25. The SMILES string of the molecule is Cc1cccc(N2CC(C(=O)Nc3cc(-c4ccco4)nn3-c3nc(C)cc(=O)[nH]3)CC2=O)c1. The Bertz CT molecular complexity index is 1440. The van der Waals surface area contributed by atoms with Crippen molar-refractivity contribution in [2.75, 3.05) is 16.8 Å². The van der Waals surface area contributed by atoms with E-state index < -0.39 is 5.92 Å². The number of anilines is 2. The molecule has 5 rings (SSSR count). The number of carbonyl (C=O) groups excluding carboxylic acids is 2. The van der Waals surface area contributed by atoms with E-state index in [0.717, 1.165) is 11.3 Å². The van der Waals surface area contributed by atoms with Crippen molar-refractivity contribution >= 4 is 23.3 Å². The van der Waals surface area contributed by atoms with Crippen LogP contribution in [0, 0.1) is 19.8 Å². The van der Waals surface area contributed by atoms with Crippen LogP contribution in [-0.2, 0) is 9.59 Å². The van der Waals surface area contributed by atoms with Gasteiger partial charge in [-0.25, -0.2) is 4.98 Å². The number of hydrogen-bond acceptors (Lipinski definition) is 6. The predicted molar refractivity (Wildman–Crippen MR) is 125 cm³/mol. The highest BCUT2D eigenvalue weighted by Crippen LogP contribution is 2.28. The standard InChI is InChI=1S/C24H22N6O4/c1-14-5-3-6-17(9-14)29-13-16(11-22(29)32)23(33)26-20-12-18(19-7-4-8-34-19)28-30(20)24-25-15(2)10-21(31)27-24/h3-10,12,16H,11,13H2,1-2H3,(H,26,33)(H,25,27,31). The molecule has 1 aliphatic rings. The van der Waals surface area contributed by atoms with Gasteiger partial charge >= 0.3 is 0 Å². The minimum atomic E-state index is -0.548. The van der Waals surface area contributed by atoms with Gasteiger partial charge in [-0.1, -0.05) is 12.1 Å². The topological polar surface area (TPSA) is 126 Å². The van der Waals surface area contributed by atoms with Crippen molar-refractivity contribution in [1.29, 1.82) is 0 Å². The lowest BCUT2D eigenvalue weighted by molar-refractivity contribution is -0.122. The Labute approximate surface area is 194 Å². The van der Waals surface area contributed by atoms with Crippen molar-refractivity contribution in [3.8, 4) is 17.4 Å². The quantitative estimate of drug-likeness (QED) is 0.474. The van der Waals surface area contributed by atoms with Crippen molar-refractivity contribution in [2.24, 2.45) is 5.92 Å². The van der Waals surface area contributed by atoms with Gasteiger partial charge in [0.05, 0.1) is 12.2 Å². The first-order valence-electron chi connectivity index (χ1n) is 10.8. The fourth-order valence-electron chi connectivity index (χ4n) is 4.00. The second kappa shape index (κ2) is 8.47. The lowest BCUT2D eigenvalue weighted by atomic mass is 10.1. The van der Waals surface area contributed by atoms with Crippen LogP contribution in [0.25, 0.3) is 17.4 Å². The number of carbonyl (C=O) groups is 2. The fourth-order valence-corrected chi connectivity index (χ4v) is 4.00. The van der Waals surface area contributed by atoms with Crippen molar-refractivity contribution in [3.63, 3.8) is 0 Å². The van der Waals surface area contributed by atoms with E-state index >= 15 is 0 Å². The zero-order valence-corrected chi connectivity index (χ0v) is 18.6. The van der Waals surface area contributed by atoms with Crippen LogP contribution in [-0.4, -0.2) is 38.1 Å². The molecule has 0 spiro atoms. The molecule has 0 radical (unpaired) electrons. The summed E-state index contributed by atoms with van der Waals surface area (Å²) in [6.45, 7) is 3.92. The molecule has 10 nitrogen and oxygen atoms in total. The third-order valence-electron chi connectivity index (χ3n) is 5.60. The molecule has 0 saturated carbocycles. The molecule has 3 aromatic heterocycles. The summed E-state index contributed by atoms with van der Waals surface area (Å²) in [4.78, 5) is 46.4. The predicted octanol–water partition coefficient (Wildman–Crippen LogP) is 2.82. The average molecular weight is 458 g/mol. The molecule has 1 saturated heterocycles. The number of benzene rings is 1. The van der Waals surface area contributed by atoms with E-state index in [1.54, 1.807) is 30.0 Å². The summed E-state index contributed by atoms with van der Waals surface area (Å²) < 4.78 is 6.78. The van der Waals surface area contributed by atoms with E-state index in [2.05, 4.69) is 20.4 Å². The Morgan fingerprint density at radius 3 is 2.74 bits per heavy atom. The second-order valence-corrected chi connectivity index (χ2v) is 8.25. The summed E-state index contributed by atoms with van der Waals surface area (Å²) in [6.07, 6.45) is 1.61. The molecule has 2 amide bonds. The molecule has 1 aromatic carbocycles. The van der Waals surface area contributed by atoms with Crippen LogP contribution in [0.5, 0.6) is 0 Å². The summed E-state index contributed by atoms with van der Waals surface area (Å²) in [5.41, 5.74) is 2.42. The van der Waals surface area contributed by atoms with Crippen LogP contribution in [0.2, 0.25) is 0 Å². The van der Waals surface area contributed by atoms with E-state index in [1.165, 1.54) is 17.0 Å². The molecule has 0 aliphatic carbocycles. The molecule has 4 aromatic rings. The minimum Gasteiger partial charge on any atom is -0.463 e. The Morgan fingerprint density at radius 1 is 1.15 bits per heavy atom. The number of nitrogens with zero attached hydrogens (tertiary/aromatic N) is 4. The summed E-state index contributed by atoms with van der Waals surface area (Å²) >= 11 is 0. The van der Waals surface area contributed by atoms with Gasteiger partial charge in [-0.3, -0.25) is 19.4 Å². The van der Waals surface area contributed by atoms with Crippen LogP contribution < -0.4 is 15.8 Å². The first kappa shape index (κ1) is 21.4. The number of aryl methyl sites for hydroxylation is 2. The zero-order valence-electron chi connectivity index (χ0n) is 18.6. The van der Waals surface area contributed by atoms with Gasteiger partial charge in [0.1, 0.15) is 11.5 Å². The number of furan rings is 1. The van der Waals surface area contributed by atoms with Crippen LogP contribution >= 0.6 is 0 Å². The van der Waals surface area contributed by atoms with Gasteiger partial charge in [0, 0.05) is 36.5 Å². The van der Waals surface area contributed by atoms with Crippen LogP contribution in [0.4, 0.5) is 11.5 Å². The smallest absolute Gasteiger partial charge is 0.252 e. The van der Waals surface area contributed by atoms with Gasteiger partial charge in [-0.05, 0) is 43.7 Å². The van der Waals surface area contributed by atoms with Crippen LogP contribution in [0.15, 0.2) is 64.0 Å². The van der Waals surface area contributed by atoms with Crippen LogP contribution in [0.1, 0.15) is 17.7 Å². The summed E-state index contributed by atoms with van der Waals surface area (Å²) in [7, 11) is 0. The number of amides is 2. The Kier molecular flexibility index (Phi) is 5.33. The van der Waals surface area contributed by atoms with Gasteiger partial charge in [0.25, 0.3) is 5.56 Å². The molecule has 1 aliphatic heterocycles. The number of H-pyrrole nitrogens is 1. The maximum absolute atomic E-state index is 13.2. The molecule has 1 unspecified atom stereocenters. The number of rotatable bonds is 5. The molecular weight excluding hydrogens is 436 g/mol. The normalized spacial score (nSPS) is 15.6. The first-order chi connectivity index (χ1) is 16.4. The molecular formula is C24H22N6O4. The number of aromatic nitrogens is 4. The largest absolute Gasteiger partial charge is 0.463 e. The maximum atomic E-state index is 13.2. The first-order valence-corrected chi connectivity index (χ1v) is 10.8. The van der Waals surface area contributed by atoms with E-state index in [4.69, 9.17) is 4.42 Å². The maximum Gasteiger partial charge on any atom is 0.252 e. The Hall–Kier alpha value is -4.47.